The molecule has 5 heteroatoms. The molecule has 20 heavy (non-hydrogen) atoms. The van der Waals surface area contributed by atoms with E-state index in [0.29, 0.717) is 18.3 Å². The van der Waals surface area contributed by atoms with Gasteiger partial charge in [0.25, 0.3) is 5.91 Å². The van der Waals surface area contributed by atoms with Gasteiger partial charge in [-0.1, -0.05) is 13.0 Å². The van der Waals surface area contributed by atoms with Gasteiger partial charge >= 0.3 is 0 Å². The number of benzene rings is 1. The molecule has 2 N–H and O–H groups in total. The molecule has 0 spiro atoms. The van der Waals surface area contributed by atoms with E-state index in [1.165, 1.54) is 19.6 Å². The number of carbonyl (C=O) groups is 1. The summed E-state index contributed by atoms with van der Waals surface area (Å²) in [6, 6.07) is 5.20. The van der Waals surface area contributed by atoms with Crippen LogP contribution in [0.25, 0.3) is 0 Å². The van der Waals surface area contributed by atoms with Crippen LogP contribution >= 0.6 is 0 Å². The fourth-order valence-corrected chi connectivity index (χ4v) is 2.76. The third-order valence-corrected chi connectivity index (χ3v) is 3.85. The lowest BCUT2D eigenvalue weighted by Gasteiger charge is -2.23. The molecule has 5 nitrogen and oxygen atoms in total. The van der Waals surface area contributed by atoms with Crippen molar-refractivity contribution in [2.45, 2.75) is 25.8 Å². The number of likely N-dealkylation sites (N-methyl/N-ethyl adjacent to an activating group) is 1. The largest absolute Gasteiger partial charge is 0.507 e. The summed E-state index contributed by atoms with van der Waals surface area (Å²) >= 11 is 0. The highest BCUT2D eigenvalue weighted by Crippen LogP contribution is 2.27. The Morgan fingerprint density at radius 1 is 1.55 bits per heavy atom. The van der Waals surface area contributed by atoms with Crippen molar-refractivity contribution < 1.29 is 14.6 Å². The van der Waals surface area contributed by atoms with E-state index in [1.807, 2.05) is 0 Å². The molecule has 1 amide bonds. The van der Waals surface area contributed by atoms with Crippen molar-refractivity contribution in [3.63, 3.8) is 0 Å². The van der Waals surface area contributed by atoms with Gasteiger partial charge in [-0.2, -0.15) is 0 Å². The molecule has 1 aliphatic rings. The third kappa shape index (κ3) is 3.04. The first-order chi connectivity index (χ1) is 9.67. The van der Waals surface area contributed by atoms with Gasteiger partial charge in [-0.3, -0.25) is 9.69 Å². The van der Waals surface area contributed by atoms with Crippen LogP contribution in [-0.2, 0) is 0 Å². The number of likely N-dealkylation sites (tertiary alicyclic amines) is 1. The van der Waals surface area contributed by atoms with Gasteiger partial charge in [-0.25, -0.2) is 0 Å². The molecule has 1 aromatic rings. The van der Waals surface area contributed by atoms with Crippen molar-refractivity contribution in [3.8, 4) is 11.5 Å². The second kappa shape index (κ2) is 6.61. The number of methoxy groups -OCH3 is 1. The number of hydrogen-bond acceptors (Lipinski definition) is 4. The van der Waals surface area contributed by atoms with Crippen molar-refractivity contribution >= 4 is 5.91 Å². The van der Waals surface area contributed by atoms with Gasteiger partial charge in [-0.15, -0.1) is 0 Å². The van der Waals surface area contributed by atoms with Crippen LogP contribution in [0.1, 0.15) is 30.1 Å². The average molecular weight is 278 g/mol. The number of amides is 1. The molecule has 110 valence electrons. The number of phenolic OH excluding ortho intramolecular Hbond substituents is 1. The molecule has 1 heterocycles. The fourth-order valence-electron chi connectivity index (χ4n) is 2.76. The summed E-state index contributed by atoms with van der Waals surface area (Å²) in [5.41, 5.74) is 0.205. The summed E-state index contributed by atoms with van der Waals surface area (Å²) in [4.78, 5) is 14.6. The maximum atomic E-state index is 12.2. The standard InChI is InChI=1S/C15H22N2O3/c1-3-17-9-5-6-11(17)10-16-15(19)14-12(18)7-4-8-13(14)20-2/h4,7-8,11,18H,3,5-6,9-10H2,1-2H3,(H,16,19)/t11-/m1/s1. The summed E-state index contributed by atoms with van der Waals surface area (Å²) < 4.78 is 5.13. The first kappa shape index (κ1) is 14.7. The van der Waals surface area contributed by atoms with E-state index in [1.54, 1.807) is 12.1 Å². The van der Waals surface area contributed by atoms with Crippen molar-refractivity contribution in [1.29, 1.82) is 0 Å². The Hall–Kier alpha value is -1.75. The van der Waals surface area contributed by atoms with Crippen molar-refractivity contribution in [2.24, 2.45) is 0 Å². The zero-order valence-electron chi connectivity index (χ0n) is 12.1. The van der Waals surface area contributed by atoms with Gasteiger partial charge in [0, 0.05) is 12.6 Å². The maximum Gasteiger partial charge on any atom is 0.258 e. The average Bonchev–Trinajstić information content (AvgIpc) is 2.91. The zero-order valence-corrected chi connectivity index (χ0v) is 12.1. The summed E-state index contributed by atoms with van der Waals surface area (Å²) in [5.74, 6) is 0.0461. The normalized spacial score (nSPS) is 19.0. The van der Waals surface area contributed by atoms with Gasteiger partial charge < -0.3 is 15.2 Å². The van der Waals surface area contributed by atoms with Crippen LogP contribution in [0, 0.1) is 0 Å². The molecule has 0 aromatic heterocycles. The number of phenols is 1. The van der Waals surface area contributed by atoms with Gasteiger partial charge in [0.05, 0.1) is 7.11 Å². The number of nitrogens with zero attached hydrogens (tertiary/aromatic N) is 1. The van der Waals surface area contributed by atoms with Crippen molar-refractivity contribution in [3.05, 3.63) is 23.8 Å². The van der Waals surface area contributed by atoms with E-state index in [-0.39, 0.29) is 17.2 Å². The molecule has 2 rings (SSSR count). The molecular weight excluding hydrogens is 256 g/mol. The smallest absolute Gasteiger partial charge is 0.258 e. The second-order valence-electron chi connectivity index (χ2n) is 4.99. The minimum Gasteiger partial charge on any atom is -0.507 e. The topological polar surface area (TPSA) is 61.8 Å². The fraction of sp³-hybridized carbons (Fsp3) is 0.533. The predicted octanol–water partition coefficient (Wildman–Crippen LogP) is 1.61. The lowest BCUT2D eigenvalue weighted by Crippen LogP contribution is -2.40. The number of aromatic hydroxyl groups is 1. The Labute approximate surface area is 119 Å². The Kier molecular flexibility index (Phi) is 4.84. The van der Waals surface area contributed by atoms with E-state index in [9.17, 15) is 9.90 Å². The highest BCUT2D eigenvalue weighted by atomic mass is 16.5. The molecule has 0 unspecified atom stereocenters. The van der Waals surface area contributed by atoms with Gasteiger partial charge in [-0.05, 0) is 38.1 Å². The van der Waals surface area contributed by atoms with Crippen LogP contribution in [0.15, 0.2) is 18.2 Å². The lowest BCUT2D eigenvalue weighted by atomic mass is 10.1. The number of hydrogen-bond donors (Lipinski definition) is 2. The zero-order chi connectivity index (χ0) is 14.5. The third-order valence-electron chi connectivity index (χ3n) is 3.85. The summed E-state index contributed by atoms with van der Waals surface area (Å²) in [6.07, 6.45) is 2.28. The maximum absolute atomic E-state index is 12.2. The van der Waals surface area contributed by atoms with E-state index in [4.69, 9.17) is 4.74 Å². The Morgan fingerprint density at radius 3 is 3.05 bits per heavy atom. The molecule has 1 saturated heterocycles. The number of carbonyl (C=O) groups excluding carboxylic acids is 1. The van der Waals surface area contributed by atoms with Crippen molar-refractivity contribution in [2.75, 3.05) is 26.7 Å². The van der Waals surface area contributed by atoms with Gasteiger partial charge in [0.1, 0.15) is 17.1 Å². The molecular formula is C15H22N2O3. The van der Waals surface area contributed by atoms with Crippen LogP contribution in [0.2, 0.25) is 0 Å². The predicted molar refractivity (Wildman–Crippen MR) is 77.3 cm³/mol. The molecule has 0 bridgehead atoms. The minimum atomic E-state index is -0.289. The SMILES string of the molecule is CCN1CCC[C@@H]1CNC(=O)c1c(O)cccc1OC. The number of nitrogens with one attached hydrogen (secondary N) is 1. The molecule has 0 saturated carbocycles. The Bertz CT molecular complexity index is 476. The highest BCUT2D eigenvalue weighted by molar-refractivity contribution is 5.99. The summed E-state index contributed by atoms with van der Waals surface area (Å²) in [6.45, 7) is 4.83. The van der Waals surface area contributed by atoms with Crippen LogP contribution in [0.3, 0.4) is 0 Å². The molecule has 0 aliphatic carbocycles. The Morgan fingerprint density at radius 2 is 2.35 bits per heavy atom. The summed E-state index contributed by atoms with van der Waals surface area (Å²) in [7, 11) is 1.49. The molecule has 1 atom stereocenters. The second-order valence-corrected chi connectivity index (χ2v) is 4.99. The van der Waals surface area contributed by atoms with Gasteiger partial charge in [0.15, 0.2) is 0 Å². The quantitative estimate of drug-likeness (QED) is 0.859. The molecule has 1 aromatic carbocycles. The van der Waals surface area contributed by atoms with E-state index in [2.05, 4.69) is 17.1 Å². The first-order valence-electron chi connectivity index (χ1n) is 7.05. The lowest BCUT2D eigenvalue weighted by molar-refractivity contribution is 0.0935. The van der Waals surface area contributed by atoms with E-state index in [0.717, 1.165) is 19.5 Å². The monoisotopic (exact) mass is 278 g/mol. The molecule has 1 fully saturated rings. The van der Waals surface area contributed by atoms with Crippen molar-refractivity contribution in [1.82, 2.24) is 10.2 Å². The molecule has 0 radical (unpaired) electrons. The number of ether oxygens (including phenoxy) is 1. The highest BCUT2D eigenvalue weighted by Gasteiger charge is 2.24. The van der Waals surface area contributed by atoms with E-state index >= 15 is 0 Å². The van der Waals surface area contributed by atoms with Crippen LogP contribution in [0.4, 0.5) is 0 Å². The van der Waals surface area contributed by atoms with Crippen LogP contribution in [-0.4, -0.2) is 48.7 Å². The minimum absolute atomic E-state index is 0.0550. The summed E-state index contributed by atoms with van der Waals surface area (Å²) in [5, 5.41) is 12.7. The van der Waals surface area contributed by atoms with E-state index < -0.39 is 0 Å². The van der Waals surface area contributed by atoms with Crippen LogP contribution < -0.4 is 10.1 Å². The van der Waals surface area contributed by atoms with Crippen LogP contribution in [0.5, 0.6) is 11.5 Å². The molecule has 1 aliphatic heterocycles. The number of rotatable bonds is 5. The van der Waals surface area contributed by atoms with Gasteiger partial charge in [0.2, 0.25) is 0 Å². The first-order valence-corrected chi connectivity index (χ1v) is 7.05. The Balaban J connectivity index is 2.02.